The summed E-state index contributed by atoms with van der Waals surface area (Å²) >= 11 is 0. The number of amides is 2. The zero-order valence-corrected chi connectivity index (χ0v) is 24.8. The van der Waals surface area contributed by atoms with Crippen LogP contribution in [0.15, 0.2) is 24.4 Å². The quantitative estimate of drug-likeness (QED) is 0.515. The van der Waals surface area contributed by atoms with Gasteiger partial charge in [0.25, 0.3) is 5.91 Å². The Hall–Kier alpha value is -3.40. The van der Waals surface area contributed by atoms with E-state index in [4.69, 9.17) is 9.72 Å². The maximum atomic E-state index is 13.3. The molecule has 1 aromatic carbocycles. The van der Waals surface area contributed by atoms with E-state index in [1.807, 2.05) is 19.2 Å². The topological polar surface area (TPSA) is 103 Å². The summed E-state index contributed by atoms with van der Waals surface area (Å²) < 4.78 is 5.67. The fourth-order valence-electron chi connectivity index (χ4n) is 6.91. The van der Waals surface area contributed by atoms with Crippen molar-refractivity contribution in [3.63, 3.8) is 0 Å². The molecule has 2 N–H and O–H groups in total. The van der Waals surface area contributed by atoms with E-state index < -0.39 is 0 Å². The number of fused-ring (bicyclic) bond motifs is 1. The van der Waals surface area contributed by atoms with Gasteiger partial charge in [0.2, 0.25) is 11.9 Å². The number of hydrogen-bond donors (Lipinski definition) is 2. The number of aromatic nitrogens is 2. The third-order valence-corrected chi connectivity index (χ3v) is 9.71. The lowest BCUT2D eigenvalue weighted by Gasteiger charge is -2.33. The molecule has 10 heteroatoms. The second-order valence-electron chi connectivity index (χ2n) is 12.6. The number of carbonyl (C=O) groups excluding carboxylic acids is 2. The van der Waals surface area contributed by atoms with Gasteiger partial charge in [-0.05, 0) is 83.7 Å². The molecule has 6 rings (SSSR count). The van der Waals surface area contributed by atoms with Crippen LogP contribution in [0.4, 0.5) is 23.1 Å². The summed E-state index contributed by atoms with van der Waals surface area (Å²) in [6, 6.07) is 6.58. The average molecular weight is 562 g/mol. The first-order valence-corrected chi connectivity index (χ1v) is 15.1. The number of ether oxygens (including phenoxy) is 1. The van der Waals surface area contributed by atoms with Crippen molar-refractivity contribution in [1.29, 1.82) is 0 Å². The van der Waals surface area contributed by atoms with Crippen LogP contribution in [0.3, 0.4) is 0 Å². The van der Waals surface area contributed by atoms with Gasteiger partial charge in [-0.3, -0.25) is 9.59 Å². The molecule has 1 spiro atoms. The van der Waals surface area contributed by atoms with E-state index in [9.17, 15) is 9.59 Å². The molecule has 4 aliphatic rings. The highest BCUT2D eigenvalue weighted by Crippen LogP contribution is 2.52. The Labute approximate surface area is 242 Å². The van der Waals surface area contributed by atoms with Crippen LogP contribution < -0.4 is 25.2 Å². The molecule has 2 heterocycles. The van der Waals surface area contributed by atoms with Gasteiger partial charge in [0.05, 0.1) is 24.4 Å². The fraction of sp³-hybridized carbons (Fsp3) is 0.613. The van der Waals surface area contributed by atoms with Gasteiger partial charge in [0.15, 0.2) is 5.82 Å². The number of nitrogens with one attached hydrogen (secondary N) is 2. The summed E-state index contributed by atoms with van der Waals surface area (Å²) in [6.45, 7) is 0.716. The van der Waals surface area contributed by atoms with E-state index in [-0.39, 0.29) is 23.3 Å². The molecule has 0 saturated heterocycles. The predicted octanol–water partition coefficient (Wildman–Crippen LogP) is 4.34. The zero-order valence-electron chi connectivity index (χ0n) is 24.8. The second-order valence-corrected chi connectivity index (χ2v) is 12.6. The van der Waals surface area contributed by atoms with Crippen molar-refractivity contribution in [2.45, 2.75) is 82.3 Å². The van der Waals surface area contributed by atoms with Crippen molar-refractivity contribution >= 4 is 35.0 Å². The van der Waals surface area contributed by atoms with E-state index in [2.05, 4.69) is 39.5 Å². The third kappa shape index (κ3) is 5.46. The SMILES string of the molecule is COc1cc(C(=O)N[C@H]2CC[C@@H](N(C)C)CC2)ccc1Nc1ncc2c(n1)N(C1CCCC1)CC1(CC1)C(=O)N2C. The van der Waals surface area contributed by atoms with E-state index >= 15 is 0 Å². The molecule has 41 heavy (non-hydrogen) atoms. The Morgan fingerprint density at radius 2 is 1.83 bits per heavy atom. The molecule has 3 saturated carbocycles. The van der Waals surface area contributed by atoms with Gasteiger partial charge in [0, 0.05) is 37.3 Å². The van der Waals surface area contributed by atoms with Crippen molar-refractivity contribution < 1.29 is 14.3 Å². The van der Waals surface area contributed by atoms with E-state index in [1.165, 1.54) is 12.8 Å². The van der Waals surface area contributed by atoms with Crippen molar-refractivity contribution in [1.82, 2.24) is 20.2 Å². The van der Waals surface area contributed by atoms with Gasteiger partial charge in [-0.25, -0.2) is 4.98 Å². The molecule has 0 atom stereocenters. The summed E-state index contributed by atoms with van der Waals surface area (Å²) in [5, 5.41) is 6.53. The second kappa shape index (κ2) is 11.1. The minimum Gasteiger partial charge on any atom is -0.495 e. The van der Waals surface area contributed by atoms with E-state index in [0.29, 0.717) is 41.6 Å². The van der Waals surface area contributed by atoms with Gasteiger partial charge in [-0.15, -0.1) is 0 Å². The molecule has 3 fully saturated rings. The molecule has 10 nitrogen and oxygen atoms in total. The standard InChI is InChI=1S/C31H43N7O3/c1-36(2)22-12-10-21(11-13-22)33-28(39)20-9-14-24(26(17-20)41-4)34-30-32-18-25-27(35-30)38(23-7-5-6-8-23)19-31(15-16-31)29(40)37(25)3/h9,14,17-18,21-23H,5-8,10-13,15-16,19H2,1-4H3,(H,33,39)(H,32,34,35)/t21-,22+. The molecule has 220 valence electrons. The number of nitrogens with zero attached hydrogens (tertiary/aromatic N) is 5. The fourth-order valence-corrected chi connectivity index (χ4v) is 6.91. The first kappa shape index (κ1) is 27.8. The Balaban J connectivity index is 1.20. The molecule has 2 aromatic rings. The van der Waals surface area contributed by atoms with Crippen LogP contribution >= 0.6 is 0 Å². The first-order chi connectivity index (χ1) is 19.8. The van der Waals surface area contributed by atoms with Crippen molar-refractivity contribution in [3.8, 4) is 5.75 Å². The number of benzene rings is 1. The lowest BCUT2D eigenvalue weighted by atomic mass is 9.90. The molecule has 0 radical (unpaired) electrons. The van der Waals surface area contributed by atoms with Crippen molar-refractivity contribution in [2.24, 2.45) is 5.41 Å². The summed E-state index contributed by atoms with van der Waals surface area (Å²) in [5.41, 5.74) is 1.71. The zero-order chi connectivity index (χ0) is 28.7. The minimum atomic E-state index is -0.295. The molecular weight excluding hydrogens is 518 g/mol. The predicted molar refractivity (Wildman–Crippen MR) is 160 cm³/mol. The number of anilines is 4. The Kier molecular flexibility index (Phi) is 7.52. The summed E-state index contributed by atoms with van der Waals surface area (Å²) in [4.78, 5) is 42.4. The van der Waals surface area contributed by atoms with Crippen LogP contribution in [-0.2, 0) is 4.79 Å². The molecule has 0 unspecified atom stereocenters. The van der Waals surface area contributed by atoms with Crippen LogP contribution in [-0.4, -0.2) is 79.6 Å². The van der Waals surface area contributed by atoms with Crippen LogP contribution in [0, 0.1) is 5.41 Å². The lowest BCUT2D eigenvalue weighted by Crippen LogP contribution is -2.41. The van der Waals surface area contributed by atoms with Crippen molar-refractivity contribution in [2.75, 3.05) is 49.9 Å². The summed E-state index contributed by atoms with van der Waals surface area (Å²) in [7, 11) is 7.68. The van der Waals surface area contributed by atoms with Crippen LogP contribution in [0.5, 0.6) is 5.75 Å². The molecule has 3 aliphatic carbocycles. The monoisotopic (exact) mass is 561 g/mol. The average Bonchev–Trinajstić information content (AvgIpc) is 3.58. The molecule has 1 aromatic heterocycles. The van der Waals surface area contributed by atoms with E-state index in [1.54, 1.807) is 24.3 Å². The minimum absolute atomic E-state index is 0.0849. The van der Waals surface area contributed by atoms with Gasteiger partial charge in [0.1, 0.15) is 11.4 Å². The Morgan fingerprint density at radius 3 is 2.49 bits per heavy atom. The van der Waals surface area contributed by atoms with Crippen LogP contribution in [0.25, 0.3) is 0 Å². The van der Waals surface area contributed by atoms with Crippen LogP contribution in [0.1, 0.15) is 74.6 Å². The third-order valence-electron chi connectivity index (χ3n) is 9.71. The van der Waals surface area contributed by atoms with Crippen molar-refractivity contribution in [3.05, 3.63) is 30.0 Å². The number of hydrogen-bond acceptors (Lipinski definition) is 8. The molecule has 1 aliphatic heterocycles. The molecular formula is C31H43N7O3. The van der Waals surface area contributed by atoms with Gasteiger partial charge >= 0.3 is 0 Å². The highest BCUT2D eigenvalue weighted by Gasteiger charge is 2.55. The van der Waals surface area contributed by atoms with Gasteiger partial charge in [-0.2, -0.15) is 4.98 Å². The van der Waals surface area contributed by atoms with Crippen LogP contribution in [0.2, 0.25) is 0 Å². The highest BCUT2D eigenvalue weighted by atomic mass is 16.5. The number of carbonyl (C=O) groups is 2. The van der Waals surface area contributed by atoms with Gasteiger partial charge in [-0.1, -0.05) is 12.8 Å². The van der Waals surface area contributed by atoms with Gasteiger partial charge < -0.3 is 30.1 Å². The summed E-state index contributed by atoms with van der Waals surface area (Å²) in [6.07, 6.45) is 12.4. The number of rotatable bonds is 7. The Morgan fingerprint density at radius 1 is 1.10 bits per heavy atom. The lowest BCUT2D eigenvalue weighted by molar-refractivity contribution is -0.122. The largest absolute Gasteiger partial charge is 0.495 e. The maximum absolute atomic E-state index is 13.3. The van der Waals surface area contributed by atoms with E-state index in [0.717, 1.165) is 62.9 Å². The molecule has 2 amide bonds. The first-order valence-electron chi connectivity index (χ1n) is 15.1. The summed E-state index contributed by atoms with van der Waals surface area (Å²) in [5.74, 6) is 1.88. The highest BCUT2D eigenvalue weighted by molar-refractivity contribution is 6.03. The molecule has 0 bridgehead atoms. The normalized spacial score (nSPS) is 23.9. The smallest absolute Gasteiger partial charge is 0.251 e. The number of methoxy groups -OCH3 is 1. The maximum Gasteiger partial charge on any atom is 0.251 e. The Bertz CT molecular complexity index is 1300.